The van der Waals surface area contributed by atoms with Crippen LogP contribution < -0.4 is 56.5 Å². The Bertz CT molecular complexity index is 336. The van der Waals surface area contributed by atoms with Gasteiger partial charge in [0.25, 0.3) is 0 Å². The van der Waals surface area contributed by atoms with Crippen LogP contribution >= 0.6 is 0 Å². The number of aliphatic hydroxyl groups excluding tert-OH is 1. The van der Waals surface area contributed by atoms with Gasteiger partial charge in [-0.25, -0.2) is 0 Å². The quantitative estimate of drug-likeness (QED) is 0.175. The van der Waals surface area contributed by atoms with E-state index in [2.05, 4.69) is 11.9 Å². The zero-order valence-electron chi connectivity index (χ0n) is 13.8. The van der Waals surface area contributed by atoms with Crippen LogP contribution in [0.2, 0.25) is 0 Å². The summed E-state index contributed by atoms with van der Waals surface area (Å²) in [7, 11) is 0. The number of aliphatic hydroxyl groups is 1. The van der Waals surface area contributed by atoms with Crippen LogP contribution in [0.25, 0.3) is 0 Å². The van der Waals surface area contributed by atoms with E-state index in [4.69, 9.17) is 10.2 Å². The maximum absolute atomic E-state index is 11.5. The molecule has 0 aromatic carbocycles. The van der Waals surface area contributed by atoms with E-state index in [-0.39, 0.29) is 77.0 Å². The molecule has 0 aliphatic carbocycles. The van der Waals surface area contributed by atoms with Gasteiger partial charge in [0.1, 0.15) is 0 Å². The number of carbonyl (C=O) groups is 1. The Balaban J connectivity index is 0. The predicted octanol–water partition coefficient (Wildman–Crippen LogP) is -2.00. The second-order valence-electron chi connectivity index (χ2n) is 4.87. The molecular formula is C15H27KN2O4. The molecule has 7 heteroatoms. The summed E-state index contributed by atoms with van der Waals surface area (Å²) in [6.07, 6.45) is 8.09. The Kier molecular flexibility index (Phi) is 19.6. The number of hydrogen-bond donors (Lipinski definition) is 2. The second-order valence-corrected chi connectivity index (χ2v) is 4.87. The third-order valence-electron chi connectivity index (χ3n) is 2.94. The summed E-state index contributed by atoms with van der Waals surface area (Å²) in [6.45, 7) is 3.19. The predicted molar refractivity (Wildman–Crippen MR) is 81.1 cm³/mol. The van der Waals surface area contributed by atoms with Crippen molar-refractivity contribution >= 4 is 11.9 Å². The molecule has 0 bridgehead atoms. The molecule has 0 heterocycles. The summed E-state index contributed by atoms with van der Waals surface area (Å²) in [5, 5.41) is 29.0. The van der Waals surface area contributed by atoms with Gasteiger partial charge in [-0.3, -0.25) is 14.7 Å². The molecule has 22 heavy (non-hydrogen) atoms. The number of nitrogens with zero attached hydrogens (tertiary/aromatic N) is 2. The van der Waals surface area contributed by atoms with E-state index in [0.29, 0.717) is 19.5 Å². The van der Waals surface area contributed by atoms with Crippen molar-refractivity contribution in [3.63, 3.8) is 0 Å². The average Bonchev–Trinajstić information content (AvgIpc) is 2.46. The van der Waals surface area contributed by atoms with Crippen molar-refractivity contribution in [1.82, 2.24) is 4.90 Å². The monoisotopic (exact) mass is 338 g/mol. The third kappa shape index (κ3) is 16.6. The van der Waals surface area contributed by atoms with Crippen molar-refractivity contribution in [2.45, 2.75) is 45.4 Å². The van der Waals surface area contributed by atoms with Crippen LogP contribution in [0.5, 0.6) is 0 Å². The molecule has 0 aromatic rings. The van der Waals surface area contributed by atoms with Crippen molar-refractivity contribution in [2.75, 3.05) is 26.4 Å². The molecule has 0 aliphatic rings. The van der Waals surface area contributed by atoms with E-state index in [0.717, 1.165) is 25.7 Å². The number of rotatable bonds is 13. The van der Waals surface area contributed by atoms with Gasteiger partial charge in [-0.1, -0.05) is 31.9 Å². The largest absolute Gasteiger partial charge is 1.00 e. The number of carboxylic acid groups (broad SMARTS) is 1. The van der Waals surface area contributed by atoms with Crippen LogP contribution in [-0.2, 0) is 4.79 Å². The molecule has 0 radical (unpaired) electrons. The topological polar surface area (TPSA) is 96.2 Å². The summed E-state index contributed by atoms with van der Waals surface area (Å²) in [6, 6.07) is 0. The molecule has 0 saturated carbocycles. The van der Waals surface area contributed by atoms with Gasteiger partial charge in [0, 0.05) is 19.7 Å². The third-order valence-corrected chi connectivity index (χ3v) is 2.94. The fourth-order valence-electron chi connectivity index (χ4n) is 1.72. The van der Waals surface area contributed by atoms with E-state index in [1.165, 1.54) is 6.08 Å². The van der Waals surface area contributed by atoms with Gasteiger partial charge in [-0.15, -0.1) is 0 Å². The molecule has 6 nitrogen and oxygen atoms in total. The van der Waals surface area contributed by atoms with Crippen molar-refractivity contribution < 1.29 is 71.5 Å². The Labute approximate surface area is 175 Å². The van der Waals surface area contributed by atoms with E-state index in [1.807, 2.05) is 6.08 Å². The van der Waals surface area contributed by atoms with Gasteiger partial charge in [0.05, 0.1) is 13.1 Å². The van der Waals surface area contributed by atoms with Gasteiger partial charge in [-0.2, -0.15) is 0 Å². The molecule has 0 aliphatic heterocycles. The molecule has 0 atom stereocenters. The molecule has 0 saturated heterocycles. The van der Waals surface area contributed by atoms with Gasteiger partial charge < -0.3 is 15.3 Å². The molecule has 0 spiro atoms. The first-order valence-electron chi connectivity index (χ1n) is 7.53. The molecule has 0 rings (SSSR count). The molecule has 122 valence electrons. The van der Waals surface area contributed by atoms with Crippen LogP contribution in [0.1, 0.15) is 45.4 Å². The van der Waals surface area contributed by atoms with Crippen LogP contribution in [0, 0.1) is 0 Å². The Morgan fingerprint density at radius 2 is 2.00 bits per heavy atom. The maximum atomic E-state index is 11.5. The van der Waals surface area contributed by atoms with E-state index in [9.17, 15) is 9.90 Å². The Hall–Kier alpha value is 0.236. The number of aliphatic imine (C=N–C) groups is 1. The van der Waals surface area contributed by atoms with Crippen LogP contribution in [0.3, 0.4) is 0 Å². The van der Waals surface area contributed by atoms with Gasteiger partial charge in [0.15, 0.2) is 0 Å². The summed E-state index contributed by atoms with van der Waals surface area (Å²) >= 11 is 0. The fourth-order valence-corrected chi connectivity index (χ4v) is 1.72. The second kappa shape index (κ2) is 17.6. The normalized spacial score (nSPS) is 11.9. The first-order chi connectivity index (χ1) is 10.1. The Morgan fingerprint density at radius 1 is 1.27 bits per heavy atom. The van der Waals surface area contributed by atoms with Crippen LogP contribution in [0.15, 0.2) is 17.1 Å². The zero-order chi connectivity index (χ0) is 15.9. The van der Waals surface area contributed by atoms with E-state index < -0.39 is 5.97 Å². The number of unbranched alkanes of at least 4 members (excludes halogenated alkanes) is 3. The van der Waals surface area contributed by atoms with Gasteiger partial charge in [0.2, 0.25) is 0 Å². The molecule has 0 amide bonds. The van der Waals surface area contributed by atoms with E-state index in [1.54, 1.807) is 4.90 Å². The maximum Gasteiger partial charge on any atom is 1.00 e. The minimum Gasteiger partial charge on any atom is -0.859 e. The summed E-state index contributed by atoms with van der Waals surface area (Å²) in [5.41, 5.74) is 0. The molecular weight excluding hydrogens is 311 g/mol. The number of hydrogen-bond acceptors (Lipinski definition) is 5. The van der Waals surface area contributed by atoms with Gasteiger partial charge in [-0.05, 0) is 25.2 Å². The van der Waals surface area contributed by atoms with Crippen molar-refractivity contribution in [3.8, 4) is 0 Å². The first-order valence-corrected chi connectivity index (χ1v) is 7.53. The van der Waals surface area contributed by atoms with Crippen LogP contribution in [0.4, 0.5) is 0 Å². The van der Waals surface area contributed by atoms with Crippen molar-refractivity contribution in [3.05, 3.63) is 12.2 Å². The molecule has 0 aromatic heterocycles. The summed E-state index contributed by atoms with van der Waals surface area (Å²) < 4.78 is 0. The standard InChI is InChI=1S/C15H28N2O4.K/c1-2-3-4-5-6-8-14(19)16-13-17(10-7-12-18)11-9-15(20)21;/h6,8,18H,2-5,7,9-13H2,1H3,(H,16,19)(H,20,21);/q;+1/p-1/b8-6+;. The van der Waals surface area contributed by atoms with Crippen molar-refractivity contribution in [1.29, 1.82) is 0 Å². The Morgan fingerprint density at radius 3 is 2.59 bits per heavy atom. The number of allylic oxidation sites excluding steroid dienone is 1. The minimum absolute atomic E-state index is 0. The molecule has 0 unspecified atom stereocenters. The van der Waals surface area contributed by atoms with Crippen LogP contribution in [-0.4, -0.2) is 53.3 Å². The SMILES string of the molecule is CCCCC/C=C/C([O-])=NCN(CCCO)CCC(=O)O.[K+]. The summed E-state index contributed by atoms with van der Waals surface area (Å²) in [4.78, 5) is 16.2. The number of aliphatic carboxylic acids is 1. The molecule has 0 fully saturated rings. The molecule has 2 N–H and O–H groups in total. The summed E-state index contributed by atoms with van der Waals surface area (Å²) in [5.74, 6) is -1.18. The van der Waals surface area contributed by atoms with Crippen molar-refractivity contribution in [2.24, 2.45) is 4.99 Å². The smallest absolute Gasteiger partial charge is 0.859 e. The fraction of sp³-hybridized carbons (Fsp3) is 0.733. The van der Waals surface area contributed by atoms with E-state index >= 15 is 0 Å². The zero-order valence-corrected chi connectivity index (χ0v) is 17.0. The number of carboxylic acids is 1. The van der Waals surface area contributed by atoms with Gasteiger partial charge >= 0.3 is 57.4 Å². The minimum atomic E-state index is -0.883. The first kappa shape index (κ1) is 24.5. The average molecular weight is 338 g/mol.